The first-order chi connectivity index (χ1) is 13.1. The Morgan fingerprint density at radius 1 is 1.11 bits per heavy atom. The fourth-order valence-corrected chi connectivity index (χ4v) is 5.54. The van der Waals surface area contributed by atoms with Crippen LogP contribution < -0.4 is 5.32 Å². The maximum atomic E-state index is 13.4. The highest BCUT2D eigenvalue weighted by Crippen LogP contribution is 2.44. The Kier molecular flexibility index (Phi) is 5.74. The molecule has 2 saturated carbocycles. The van der Waals surface area contributed by atoms with Crippen molar-refractivity contribution in [2.24, 2.45) is 11.8 Å². The molecule has 4 fully saturated rings. The number of amides is 2. The van der Waals surface area contributed by atoms with E-state index in [-0.39, 0.29) is 23.8 Å². The first-order valence-corrected chi connectivity index (χ1v) is 11.0. The van der Waals surface area contributed by atoms with Crippen molar-refractivity contribution in [2.75, 3.05) is 19.8 Å². The van der Waals surface area contributed by atoms with Crippen molar-refractivity contribution >= 4 is 11.8 Å². The first kappa shape index (κ1) is 19.2. The summed E-state index contributed by atoms with van der Waals surface area (Å²) in [6.07, 6.45) is 10.2. The van der Waals surface area contributed by atoms with E-state index < -0.39 is 11.8 Å². The second-order valence-corrected chi connectivity index (χ2v) is 9.04. The van der Waals surface area contributed by atoms with Crippen LogP contribution in [0.2, 0.25) is 0 Å². The lowest BCUT2D eigenvalue weighted by Crippen LogP contribution is -2.58. The molecule has 0 radical (unpaired) electrons. The van der Waals surface area contributed by atoms with Gasteiger partial charge >= 0.3 is 0 Å². The molecule has 2 aliphatic heterocycles. The highest BCUT2D eigenvalue weighted by atomic mass is 16.5. The number of nitrogens with one attached hydrogen (secondary N) is 1. The minimum Gasteiger partial charge on any atom is -0.376 e. The molecule has 1 spiro atoms. The topological polar surface area (TPSA) is 67.9 Å². The average Bonchev–Trinajstić information content (AvgIpc) is 3.40. The fraction of sp³-hybridized carbons (Fsp3) is 0.905. The van der Waals surface area contributed by atoms with E-state index in [4.69, 9.17) is 9.47 Å². The Morgan fingerprint density at radius 2 is 1.93 bits per heavy atom. The fourth-order valence-electron chi connectivity index (χ4n) is 5.54. The van der Waals surface area contributed by atoms with Crippen molar-refractivity contribution in [1.29, 1.82) is 0 Å². The monoisotopic (exact) mass is 378 g/mol. The number of hydrogen-bond donors (Lipinski definition) is 1. The molecule has 0 aromatic carbocycles. The molecule has 6 nitrogen and oxygen atoms in total. The lowest BCUT2D eigenvalue weighted by molar-refractivity contribution is -0.166. The van der Waals surface area contributed by atoms with Crippen molar-refractivity contribution in [2.45, 2.75) is 89.0 Å². The molecule has 0 aromatic rings. The van der Waals surface area contributed by atoms with Crippen molar-refractivity contribution in [3.63, 3.8) is 0 Å². The summed E-state index contributed by atoms with van der Waals surface area (Å²) in [4.78, 5) is 28.3. The molecule has 2 saturated heterocycles. The number of carbonyl (C=O) groups excluding carboxylic acids is 2. The van der Waals surface area contributed by atoms with Gasteiger partial charge in [-0.1, -0.05) is 26.2 Å². The van der Waals surface area contributed by atoms with Crippen LogP contribution in [0.25, 0.3) is 0 Å². The van der Waals surface area contributed by atoms with Gasteiger partial charge in [-0.25, -0.2) is 0 Å². The van der Waals surface area contributed by atoms with Crippen LogP contribution in [0.1, 0.15) is 71.1 Å². The summed E-state index contributed by atoms with van der Waals surface area (Å²) < 4.78 is 11.9. The molecule has 2 aliphatic carbocycles. The van der Waals surface area contributed by atoms with E-state index in [2.05, 4.69) is 12.2 Å². The Morgan fingerprint density at radius 3 is 2.63 bits per heavy atom. The van der Waals surface area contributed by atoms with Gasteiger partial charge < -0.3 is 14.8 Å². The zero-order valence-electron chi connectivity index (χ0n) is 16.6. The molecule has 1 N–H and O–H groups in total. The normalized spacial score (nSPS) is 37.2. The summed E-state index contributed by atoms with van der Waals surface area (Å²) in [5.74, 6) is 0.656. The summed E-state index contributed by atoms with van der Waals surface area (Å²) in [6.45, 7) is 3.86. The van der Waals surface area contributed by atoms with Gasteiger partial charge in [0.05, 0.1) is 12.7 Å². The summed E-state index contributed by atoms with van der Waals surface area (Å²) in [5, 5.41) is 3.04. The largest absolute Gasteiger partial charge is 0.376 e. The van der Waals surface area contributed by atoms with Crippen LogP contribution >= 0.6 is 0 Å². The van der Waals surface area contributed by atoms with E-state index in [9.17, 15) is 9.59 Å². The van der Waals surface area contributed by atoms with Gasteiger partial charge in [-0.15, -0.1) is 0 Å². The van der Waals surface area contributed by atoms with E-state index in [1.807, 2.05) is 4.90 Å². The number of carbonyl (C=O) groups is 2. The summed E-state index contributed by atoms with van der Waals surface area (Å²) in [6, 6.07) is -0.496. The zero-order chi connectivity index (χ0) is 18.9. The standard InChI is InChI=1S/C21H34N2O4/c1-15-6-4-10-21(12-15)23(20(25)16-7-2-3-8-16)18(14-27-21)19(24)22-13-17-9-5-11-26-17/h15-18H,2-14H2,1H3,(H,22,24)/t15-,17+,18+,21+/m1/s1. The molecule has 4 rings (SSSR count). The highest BCUT2D eigenvalue weighted by Gasteiger charge is 2.54. The summed E-state index contributed by atoms with van der Waals surface area (Å²) in [5.41, 5.74) is -0.566. The van der Waals surface area contributed by atoms with Crippen LogP contribution in [0.5, 0.6) is 0 Å². The molecule has 152 valence electrons. The molecule has 2 heterocycles. The Hall–Kier alpha value is -1.14. The zero-order valence-corrected chi connectivity index (χ0v) is 16.6. The summed E-state index contributed by atoms with van der Waals surface area (Å²) in [7, 11) is 0. The lowest BCUT2D eigenvalue weighted by Gasteiger charge is -2.44. The quantitative estimate of drug-likeness (QED) is 0.817. The van der Waals surface area contributed by atoms with Gasteiger partial charge in [0.2, 0.25) is 11.8 Å². The summed E-state index contributed by atoms with van der Waals surface area (Å²) >= 11 is 0. The third-order valence-corrected chi connectivity index (χ3v) is 6.96. The number of ether oxygens (including phenoxy) is 2. The van der Waals surface area contributed by atoms with Gasteiger partial charge in [0, 0.05) is 19.1 Å². The first-order valence-electron chi connectivity index (χ1n) is 11.0. The van der Waals surface area contributed by atoms with E-state index >= 15 is 0 Å². The predicted octanol–water partition coefficient (Wildman–Crippen LogP) is 2.61. The van der Waals surface area contributed by atoms with Gasteiger partial charge in [-0.3, -0.25) is 14.5 Å². The molecule has 4 atom stereocenters. The van der Waals surface area contributed by atoms with Crippen LogP contribution in [0.3, 0.4) is 0 Å². The SMILES string of the molecule is C[C@@H]1CCC[C@@]2(C1)OC[C@@H](C(=O)NC[C@@H]1CCCO1)N2C(=O)C1CCCC1. The van der Waals surface area contributed by atoms with Crippen LogP contribution in [0.15, 0.2) is 0 Å². The smallest absolute Gasteiger partial charge is 0.245 e. The average molecular weight is 379 g/mol. The van der Waals surface area contributed by atoms with Crippen molar-refractivity contribution in [1.82, 2.24) is 10.2 Å². The van der Waals surface area contributed by atoms with Gasteiger partial charge in [-0.05, 0) is 50.9 Å². The van der Waals surface area contributed by atoms with Gasteiger partial charge in [-0.2, -0.15) is 0 Å². The van der Waals surface area contributed by atoms with Crippen LogP contribution in [0.4, 0.5) is 0 Å². The van der Waals surface area contributed by atoms with Gasteiger partial charge in [0.1, 0.15) is 11.8 Å². The van der Waals surface area contributed by atoms with Crippen molar-refractivity contribution < 1.29 is 19.1 Å². The second-order valence-electron chi connectivity index (χ2n) is 9.04. The third kappa shape index (κ3) is 3.88. The van der Waals surface area contributed by atoms with E-state index in [0.717, 1.165) is 64.4 Å². The molecular weight excluding hydrogens is 344 g/mol. The van der Waals surface area contributed by atoms with Crippen LogP contribution in [0, 0.1) is 11.8 Å². The minimum absolute atomic E-state index is 0.0641. The van der Waals surface area contributed by atoms with Gasteiger partial charge in [0.25, 0.3) is 0 Å². The van der Waals surface area contributed by atoms with E-state index in [0.29, 0.717) is 19.1 Å². The maximum Gasteiger partial charge on any atom is 0.245 e. The molecule has 0 unspecified atom stereocenters. The van der Waals surface area contributed by atoms with Crippen molar-refractivity contribution in [3.8, 4) is 0 Å². The van der Waals surface area contributed by atoms with Crippen LogP contribution in [-0.2, 0) is 19.1 Å². The Bertz CT molecular complexity index is 556. The Balaban J connectivity index is 1.50. The van der Waals surface area contributed by atoms with Gasteiger partial charge in [0.15, 0.2) is 0 Å². The predicted molar refractivity (Wildman–Crippen MR) is 101 cm³/mol. The van der Waals surface area contributed by atoms with Crippen molar-refractivity contribution in [3.05, 3.63) is 0 Å². The molecule has 2 amide bonds. The third-order valence-electron chi connectivity index (χ3n) is 6.96. The highest BCUT2D eigenvalue weighted by molar-refractivity contribution is 5.89. The molecule has 0 aromatic heterocycles. The van der Waals surface area contributed by atoms with E-state index in [1.54, 1.807) is 0 Å². The molecule has 6 heteroatoms. The molecule has 4 aliphatic rings. The number of hydrogen-bond acceptors (Lipinski definition) is 4. The number of nitrogens with zero attached hydrogens (tertiary/aromatic N) is 1. The molecule has 0 bridgehead atoms. The minimum atomic E-state index is -0.566. The lowest BCUT2D eigenvalue weighted by atomic mass is 9.82. The molecule has 27 heavy (non-hydrogen) atoms. The Labute approximate surface area is 162 Å². The van der Waals surface area contributed by atoms with Crippen LogP contribution in [-0.4, -0.2) is 54.3 Å². The second kappa shape index (κ2) is 8.08. The maximum absolute atomic E-state index is 13.4. The number of rotatable bonds is 4. The molecular formula is C21H34N2O4. The van der Waals surface area contributed by atoms with E-state index in [1.165, 1.54) is 6.42 Å².